The molecular formula is C16H13N7O2S. The molecule has 0 amide bonds. The minimum absolute atomic E-state index is 0.209. The van der Waals surface area contributed by atoms with Crippen LogP contribution in [0.25, 0.3) is 16.6 Å². The molecule has 10 heteroatoms. The van der Waals surface area contributed by atoms with Gasteiger partial charge >= 0.3 is 0 Å². The van der Waals surface area contributed by atoms with Crippen molar-refractivity contribution in [2.24, 2.45) is 0 Å². The minimum Gasteiger partial charge on any atom is -0.494 e. The van der Waals surface area contributed by atoms with Gasteiger partial charge in [0.1, 0.15) is 17.0 Å². The van der Waals surface area contributed by atoms with Gasteiger partial charge in [0.15, 0.2) is 0 Å². The molecule has 0 bridgehead atoms. The van der Waals surface area contributed by atoms with Gasteiger partial charge in [0, 0.05) is 0 Å². The third-order valence-corrected chi connectivity index (χ3v) is 4.59. The second kappa shape index (κ2) is 6.92. The first-order chi connectivity index (χ1) is 12.8. The number of methoxy groups -OCH3 is 1. The number of hydrogen-bond donors (Lipinski definition) is 0. The fraction of sp³-hybridized carbons (Fsp3) is 0.125. The Balaban J connectivity index is 1.63. The highest BCUT2D eigenvalue weighted by Gasteiger charge is 2.14. The van der Waals surface area contributed by atoms with Crippen LogP contribution < -0.4 is 10.3 Å². The van der Waals surface area contributed by atoms with Gasteiger partial charge in [-0.2, -0.15) is 9.36 Å². The average Bonchev–Trinajstić information content (AvgIpc) is 3.16. The highest BCUT2D eigenvalue weighted by molar-refractivity contribution is 7.98. The van der Waals surface area contributed by atoms with Crippen LogP contribution in [0.5, 0.6) is 5.75 Å². The molecule has 9 nitrogen and oxygen atoms in total. The van der Waals surface area contributed by atoms with E-state index in [1.54, 1.807) is 30.0 Å². The third-order valence-electron chi connectivity index (χ3n) is 3.70. The van der Waals surface area contributed by atoms with Crippen LogP contribution in [0, 0.1) is 0 Å². The number of nitrogens with zero attached hydrogens (tertiary/aromatic N) is 7. The quantitative estimate of drug-likeness (QED) is 0.490. The van der Waals surface area contributed by atoms with Crippen LogP contribution in [-0.4, -0.2) is 42.3 Å². The van der Waals surface area contributed by atoms with E-state index in [4.69, 9.17) is 4.74 Å². The van der Waals surface area contributed by atoms with Gasteiger partial charge in [-0.05, 0) is 34.7 Å². The van der Waals surface area contributed by atoms with Crippen molar-refractivity contribution in [3.05, 3.63) is 58.9 Å². The van der Waals surface area contributed by atoms with Gasteiger partial charge in [-0.1, -0.05) is 41.2 Å². The maximum Gasteiger partial charge on any atom is 0.278 e. The number of tetrazole rings is 1. The zero-order valence-corrected chi connectivity index (χ0v) is 14.5. The topological polar surface area (TPSA) is 101 Å². The van der Waals surface area contributed by atoms with E-state index in [2.05, 4.69) is 25.8 Å². The van der Waals surface area contributed by atoms with Crippen LogP contribution in [-0.2, 0) is 5.88 Å². The van der Waals surface area contributed by atoms with Crippen molar-refractivity contribution >= 4 is 22.7 Å². The van der Waals surface area contributed by atoms with E-state index in [0.29, 0.717) is 27.5 Å². The van der Waals surface area contributed by atoms with Crippen LogP contribution in [0.3, 0.4) is 0 Å². The van der Waals surface area contributed by atoms with Crippen molar-refractivity contribution in [3.63, 3.8) is 0 Å². The van der Waals surface area contributed by atoms with Gasteiger partial charge in [0.25, 0.3) is 5.56 Å². The Hall–Kier alpha value is -3.27. The highest BCUT2D eigenvalue weighted by Crippen LogP contribution is 2.25. The first-order valence-electron chi connectivity index (χ1n) is 7.65. The minimum atomic E-state index is -0.209. The van der Waals surface area contributed by atoms with E-state index in [1.807, 2.05) is 30.3 Å². The molecule has 0 aliphatic heterocycles. The molecule has 0 atom stereocenters. The Morgan fingerprint density at radius 2 is 1.85 bits per heavy atom. The zero-order chi connectivity index (χ0) is 17.9. The summed E-state index contributed by atoms with van der Waals surface area (Å²) in [6, 6.07) is 14.5. The SMILES string of the molecule is COc1ccccc1-n1nnnc1SCn1nnc2ccccc2c1=O. The number of benzene rings is 2. The highest BCUT2D eigenvalue weighted by atomic mass is 32.2. The Kier molecular flexibility index (Phi) is 4.32. The second-order valence-electron chi connectivity index (χ2n) is 5.23. The molecule has 0 radical (unpaired) electrons. The number of hydrogen-bond acceptors (Lipinski definition) is 8. The summed E-state index contributed by atoms with van der Waals surface area (Å²) >= 11 is 1.28. The predicted octanol–water partition coefficient (Wildman–Crippen LogP) is 1.53. The smallest absolute Gasteiger partial charge is 0.278 e. The number of thioether (sulfide) groups is 1. The molecule has 4 aromatic rings. The Bertz CT molecular complexity index is 1120. The van der Waals surface area contributed by atoms with Gasteiger partial charge in [-0.15, -0.1) is 10.2 Å². The summed E-state index contributed by atoms with van der Waals surface area (Å²) < 4.78 is 8.20. The monoisotopic (exact) mass is 367 g/mol. The summed E-state index contributed by atoms with van der Waals surface area (Å²) in [5, 5.41) is 20.8. The van der Waals surface area contributed by atoms with Gasteiger partial charge < -0.3 is 4.74 Å². The van der Waals surface area contributed by atoms with Gasteiger partial charge in [-0.25, -0.2) is 0 Å². The summed E-state index contributed by atoms with van der Waals surface area (Å²) in [5.41, 5.74) is 1.07. The number of fused-ring (bicyclic) bond motifs is 1. The van der Waals surface area contributed by atoms with Gasteiger partial charge in [-0.3, -0.25) is 4.79 Å². The Labute approximate surface area is 151 Å². The van der Waals surface area contributed by atoms with Crippen molar-refractivity contribution in [1.82, 2.24) is 35.2 Å². The average molecular weight is 367 g/mol. The van der Waals surface area contributed by atoms with Crippen LogP contribution in [0.2, 0.25) is 0 Å². The molecular weight excluding hydrogens is 354 g/mol. The maximum absolute atomic E-state index is 12.5. The zero-order valence-electron chi connectivity index (χ0n) is 13.7. The fourth-order valence-corrected chi connectivity index (χ4v) is 3.21. The molecule has 0 fully saturated rings. The van der Waals surface area contributed by atoms with Crippen molar-refractivity contribution < 1.29 is 4.74 Å². The van der Waals surface area contributed by atoms with E-state index >= 15 is 0 Å². The number of rotatable bonds is 5. The third kappa shape index (κ3) is 2.90. The van der Waals surface area contributed by atoms with Crippen LogP contribution >= 0.6 is 11.8 Å². The normalized spacial score (nSPS) is 11.0. The Morgan fingerprint density at radius 1 is 1.04 bits per heavy atom. The standard InChI is InChI=1S/C16H13N7O2S/c1-25-14-9-5-4-8-13(14)23-16(18-19-21-23)26-10-22-15(24)11-6-2-3-7-12(11)17-20-22/h2-9H,10H2,1H3. The van der Waals surface area contributed by atoms with E-state index < -0.39 is 0 Å². The van der Waals surface area contributed by atoms with Crippen molar-refractivity contribution in [2.45, 2.75) is 11.0 Å². The summed E-state index contributed by atoms with van der Waals surface area (Å²) in [4.78, 5) is 12.5. The number of aromatic nitrogens is 7. The molecule has 0 saturated carbocycles. The number of ether oxygens (including phenoxy) is 1. The molecule has 0 saturated heterocycles. The van der Waals surface area contributed by atoms with Crippen LogP contribution in [0.1, 0.15) is 0 Å². The fourth-order valence-electron chi connectivity index (χ4n) is 2.45. The van der Waals surface area contributed by atoms with Gasteiger partial charge in [0.2, 0.25) is 5.16 Å². The molecule has 0 spiro atoms. The molecule has 4 rings (SSSR count). The maximum atomic E-state index is 12.5. The number of para-hydroxylation sites is 2. The molecule has 0 unspecified atom stereocenters. The largest absolute Gasteiger partial charge is 0.494 e. The lowest BCUT2D eigenvalue weighted by Gasteiger charge is -2.09. The van der Waals surface area contributed by atoms with E-state index in [-0.39, 0.29) is 11.4 Å². The van der Waals surface area contributed by atoms with Crippen molar-refractivity contribution in [1.29, 1.82) is 0 Å². The molecule has 130 valence electrons. The summed E-state index contributed by atoms with van der Waals surface area (Å²) in [6.07, 6.45) is 0. The predicted molar refractivity (Wildman–Crippen MR) is 95.4 cm³/mol. The van der Waals surface area contributed by atoms with Crippen molar-refractivity contribution in [2.75, 3.05) is 7.11 Å². The molecule has 0 aliphatic rings. The lowest BCUT2D eigenvalue weighted by Crippen LogP contribution is -2.23. The summed E-state index contributed by atoms with van der Waals surface area (Å²) in [6.45, 7) is 0. The van der Waals surface area contributed by atoms with E-state index in [0.717, 1.165) is 0 Å². The van der Waals surface area contributed by atoms with Gasteiger partial charge in [0.05, 0.1) is 18.4 Å². The molecule has 2 heterocycles. The summed E-state index contributed by atoms with van der Waals surface area (Å²) in [7, 11) is 1.58. The molecule has 2 aromatic heterocycles. The molecule has 2 aromatic carbocycles. The van der Waals surface area contributed by atoms with Crippen LogP contribution in [0.4, 0.5) is 0 Å². The van der Waals surface area contributed by atoms with E-state index in [9.17, 15) is 4.79 Å². The molecule has 26 heavy (non-hydrogen) atoms. The lowest BCUT2D eigenvalue weighted by molar-refractivity contribution is 0.410. The molecule has 0 aliphatic carbocycles. The first-order valence-corrected chi connectivity index (χ1v) is 8.63. The second-order valence-corrected chi connectivity index (χ2v) is 6.14. The van der Waals surface area contributed by atoms with E-state index in [1.165, 1.54) is 16.4 Å². The summed E-state index contributed by atoms with van der Waals surface area (Å²) in [5.74, 6) is 0.871. The van der Waals surface area contributed by atoms with Crippen LogP contribution in [0.15, 0.2) is 58.5 Å². The molecule has 0 N–H and O–H groups in total. The Morgan fingerprint density at radius 3 is 2.73 bits per heavy atom. The lowest BCUT2D eigenvalue weighted by atomic mass is 10.2. The first kappa shape index (κ1) is 16.2. The van der Waals surface area contributed by atoms with Crippen molar-refractivity contribution in [3.8, 4) is 11.4 Å².